The Balaban J connectivity index is 1.57. The second-order valence-corrected chi connectivity index (χ2v) is 6.72. The number of rotatable bonds is 8. The quantitative estimate of drug-likeness (QED) is 0.453. The molecule has 0 saturated heterocycles. The van der Waals surface area contributed by atoms with E-state index >= 15 is 0 Å². The van der Waals surface area contributed by atoms with Crippen LogP contribution >= 0.6 is 0 Å². The molecule has 29 heavy (non-hydrogen) atoms. The van der Waals surface area contributed by atoms with Crippen LogP contribution in [0.15, 0.2) is 85.2 Å². The normalized spacial score (nSPS) is 10.9. The van der Waals surface area contributed by atoms with E-state index in [-0.39, 0.29) is 5.56 Å². The molecule has 4 aromatic rings. The summed E-state index contributed by atoms with van der Waals surface area (Å²) in [4.78, 5) is 11.8. The van der Waals surface area contributed by atoms with Gasteiger partial charge in [0.15, 0.2) is 5.82 Å². The summed E-state index contributed by atoms with van der Waals surface area (Å²) in [6.45, 7) is 1.46. The van der Waals surface area contributed by atoms with Gasteiger partial charge in [-0.1, -0.05) is 48.5 Å². The maximum Gasteiger partial charge on any atom is 0.341 e. The fourth-order valence-corrected chi connectivity index (χ4v) is 3.34. The Labute approximate surface area is 169 Å². The van der Waals surface area contributed by atoms with Crippen molar-refractivity contribution in [1.82, 2.24) is 19.7 Å². The Bertz CT molecular complexity index is 1080. The van der Waals surface area contributed by atoms with Gasteiger partial charge in [0.1, 0.15) is 5.56 Å². The van der Waals surface area contributed by atoms with Crippen molar-refractivity contribution in [2.24, 2.45) is 0 Å². The third-order valence-corrected chi connectivity index (χ3v) is 4.78. The van der Waals surface area contributed by atoms with Crippen molar-refractivity contribution in [1.29, 1.82) is 0 Å². The van der Waals surface area contributed by atoms with Crippen LogP contribution in [0.25, 0.3) is 11.5 Å². The summed E-state index contributed by atoms with van der Waals surface area (Å²) in [5, 5.41) is 17.5. The monoisotopic (exact) mass is 386 g/mol. The van der Waals surface area contributed by atoms with E-state index < -0.39 is 5.97 Å². The van der Waals surface area contributed by atoms with E-state index in [1.165, 1.54) is 11.8 Å². The molecular formula is C23H22N4O2. The third-order valence-electron chi connectivity index (χ3n) is 4.78. The average Bonchev–Trinajstić information content (AvgIpc) is 3.39. The molecule has 0 aliphatic rings. The van der Waals surface area contributed by atoms with E-state index in [1.54, 1.807) is 4.68 Å². The van der Waals surface area contributed by atoms with Gasteiger partial charge < -0.3 is 15.0 Å². The summed E-state index contributed by atoms with van der Waals surface area (Å²) < 4.78 is 3.55. The second-order valence-electron chi connectivity index (χ2n) is 6.72. The van der Waals surface area contributed by atoms with Crippen LogP contribution < -0.4 is 5.32 Å². The summed E-state index contributed by atoms with van der Waals surface area (Å²) >= 11 is 0. The molecule has 0 aliphatic heterocycles. The van der Waals surface area contributed by atoms with Crippen LogP contribution in [-0.2, 0) is 13.0 Å². The minimum Gasteiger partial charge on any atom is -0.477 e. The topological polar surface area (TPSA) is 72.1 Å². The number of para-hydroxylation sites is 1. The number of aromatic nitrogens is 3. The first-order chi connectivity index (χ1) is 14.2. The average molecular weight is 386 g/mol. The SMILES string of the molecule is O=C(O)c1cnn(-c2ccccc2)c1-n1cccc1CNCCc1ccccc1. The maximum absolute atomic E-state index is 11.8. The fourth-order valence-electron chi connectivity index (χ4n) is 3.34. The van der Waals surface area contributed by atoms with Crippen molar-refractivity contribution in [3.8, 4) is 11.5 Å². The minimum absolute atomic E-state index is 0.163. The standard InChI is InChI=1S/C23H22N4O2/c28-23(29)21-17-25-27(19-10-5-2-6-11-19)22(21)26-15-7-12-20(26)16-24-14-13-18-8-3-1-4-9-18/h1-12,15,17,24H,13-14,16H2,(H,28,29). The highest BCUT2D eigenvalue weighted by Crippen LogP contribution is 2.22. The first-order valence-electron chi connectivity index (χ1n) is 9.52. The highest BCUT2D eigenvalue weighted by molar-refractivity contribution is 5.91. The van der Waals surface area contributed by atoms with E-state index in [0.29, 0.717) is 12.4 Å². The summed E-state index contributed by atoms with van der Waals surface area (Å²) in [5.41, 5.74) is 3.23. The van der Waals surface area contributed by atoms with Crippen molar-refractivity contribution in [3.63, 3.8) is 0 Å². The zero-order valence-electron chi connectivity index (χ0n) is 15.9. The Kier molecular flexibility index (Phi) is 5.54. The molecule has 0 unspecified atom stereocenters. The summed E-state index contributed by atoms with van der Waals surface area (Å²) in [6, 6.07) is 23.8. The number of hydrogen-bond acceptors (Lipinski definition) is 3. The van der Waals surface area contributed by atoms with Crippen molar-refractivity contribution < 1.29 is 9.90 Å². The molecule has 2 heterocycles. The van der Waals surface area contributed by atoms with Crippen LogP contribution in [0.1, 0.15) is 21.6 Å². The Morgan fingerprint density at radius 1 is 0.966 bits per heavy atom. The van der Waals surface area contributed by atoms with E-state index in [0.717, 1.165) is 24.3 Å². The van der Waals surface area contributed by atoms with Crippen molar-refractivity contribution in [2.45, 2.75) is 13.0 Å². The first-order valence-corrected chi connectivity index (χ1v) is 9.52. The molecule has 0 radical (unpaired) electrons. The molecule has 146 valence electrons. The molecule has 2 aromatic carbocycles. The number of carboxylic acid groups (broad SMARTS) is 1. The largest absolute Gasteiger partial charge is 0.477 e. The number of nitrogens with zero attached hydrogens (tertiary/aromatic N) is 3. The number of benzene rings is 2. The molecule has 0 amide bonds. The van der Waals surface area contributed by atoms with Gasteiger partial charge in [-0.05, 0) is 42.8 Å². The molecule has 6 nitrogen and oxygen atoms in total. The lowest BCUT2D eigenvalue weighted by molar-refractivity contribution is 0.0697. The van der Waals surface area contributed by atoms with Crippen LogP contribution in [0, 0.1) is 0 Å². The van der Waals surface area contributed by atoms with Crippen molar-refractivity contribution in [3.05, 3.63) is 102 Å². The Morgan fingerprint density at radius 2 is 1.69 bits per heavy atom. The predicted molar refractivity (Wildman–Crippen MR) is 112 cm³/mol. The highest BCUT2D eigenvalue weighted by atomic mass is 16.4. The van der Waals surface area contributed by atoms with Crippen LogP contribution in [0.2, 0.25) is 0 Å². The lowest BCUT2D eigenvalue weighted by atomic mass is 10.1. The lowest BCUT2D eigenvalue weighted by Crippen LogP contribution is -2.20. The zero-order valence-corrected chi connectivity index (χ0v) is 15.9. The molecule has 2 aromatic heterocycles. The highest BCUT2D eigenvalue weighted by Gasteiger charge is 2.20. The second kappa shape index (κ2) is 8.58. The molecule has 0 aliphatic carbocycles. The van der Waals surface area contributed by atoms with Crippen molar-refractivity contribution >= 4 is 5.97 Å². The molecule has 0 spiro atoms. The minimum atomic E-state index is -1.00. The van der Waals surface area contributed by atoms with Crippen LogP contribution in [0.3, 0.4) is 0 Å². The van der Waals surface area contributed by atoms with Gasteiger partial charge in [0.25, 0.3) is 0 Å². The van der Waals surface area contributed by atoms with Crippen molar-refractivity contribution in [2.75, 3.05) is 6.54 Å². The van der Waals surface area contributed by atoms with Gasteiger partial charge >= 0.3 is 5.97 Å². The van der Waals surface area contributed by atoms with Gasteiger partial charge in [-0.2, -0.15) is 5.10 Å². The number of nitrogens with one attached hydrogen (secondary N) is 1. The van der Waals surface area contributed by atoms with Crippen LogP contribution in [-0.4, -0.2) is 32.0 Å². The van der Waals surface area contributed by atoms with Gasteiger partial charge in [0.2, 0.25) is 0 Å². The van der Waals surface area contributed by atoms with Gasteiger partial charge in [-0.3, -0.25) is 0 Å². The molecule has 0 saturated carbocycles. The number of aromatic carboxylic acids is 1. The smallest absolute Gasteiger partial charge is 0.341 e. The summed E-state index contributed by atoms with van der Waals surface area (Å²) in [7, 11) is 0. The predicted octanol–water partition coefficient (Wildman–Crippen LogP) is 3.69. The summed E-state index contributed by atoms with van der Waals surface area (Å²) in [6.07, 6.45) is 4.21. The third kappa shape index (κ3) is 4.12. The van der Waals surface area contributed by atoms with Gasteiger partial charge in [0.05, 0.1) is 11.9 Å². The molecular weight excluding hydrogens is 364 g/mol. The molecule has 6 heteroatoms. The Morgan fingerprint density at radius 3 is 2.41 bits per heavy atom. The van der Waals surface area contributed by atoms with Gasteiger partial charge in [-0.15, -0.1) is 0 Å². The maximum atomic E-state index is 11.8. The molecule has 2 N–H and O–H groups in total. The molecule has 0 atom stereocenters. The van der Waals surface area contributed by atoms with E-state index in [4.69, 9.17) is 0 Å². The van der Waals surface area contributed by atoms with Crippen LogP contribution in [0.5, 0.6) is 0 Å². The number of carbonyl (C=O) groups is 1. The van der Waals surface area contributed by atoms with E-state index in [2.05, 4.69) is 22.5 Å². The van der Waals surface area contributed by atoms with E-state index in [9.17, 15) is 9.90 Å². The molecule has 0 bridgehead atoms. The molecule has 4 rings (SSSR count). The van der Waals surface area contributed by atoms with Gasteiger partial charge in [0, 0.05) is 18.4 Å². The first kappa shape index (κ1) is 18.7. The summed E-state index contributed by atoms with van der Waals surface area (Å²) in [5.74, 6) is -0.479. The fraction of sp³-hybridized carbons (Fsp3) is 0.130. The molecule has 0 fully saturated rings. The Hall–Kier alpha value is -3.64. The van der Waals surface area contributed by atoms with Gasteiger partial charge in [-0.25, -0.2) is 9.48 Å². The number of carboxylic acids is 1. The zero-order chi connectivity index (χ0) is 20.1. The number of hydrogen-bond donors (Lipinski definition) is 2. The van der Waals surface area contributed by atoms with E-state index in [1.807, 2.05) is 71.4 Å². The van der Waals surface area contributed by atoms with Crippen LogP contribution in [0.4, 0.5) is 0 Å². The lowest BCUT2D eigenvalue weighted by Gasteiger charge is -2.14.